The molecule has 0 radical (unpaired) electrons. The summed E-state index contributed by atoms with van der Waals surface area (Å²) in [6.07, 6.45) is 1.54. The van der Waals surface area contributed by atoms with E-state index < -0.39 is 17.0 Å². The third kappa shape index (κ3) is 2.47. The van der Waals surface area contributed by atoms with Crippen LogP contribution in [0.15, 0.2) is 30.5 Å². The van der Waals surface area contributed by atoms with Crippen molar-refractivity contribution in [2.75, 3.05) is 0 Å². The van der Waals surface area contributed by atoms with Gasteiger partial charge in [0.2, 0.25) is 0 Å². The van der Waals surface area contributed by atoms with E-state index in [0.29, 0.717) is 17.0 Å². The van der Waals surface area contributed by atoms with Gasteiger partial charge in [-0.3, -0.25) is 0 Å². The molecule has 1 atom stereocenters. The summed E-state index contributed by atoms with van der Waals surface area (Å²) < 4.78 is 29.2. The highest BCUT2D eigenvalue weighted by Gasteiger charge is 2.20. The van der Waals surface area contributed by atoms with Crippen LogP contribution in [0.5, 0.6) is 0 Å². The Labute approximate surface area is 124 Å². The highest BCUT2D eigenvalue weighted by atomic mass is 35.5. The second-order valence-corrected chi connectivity index (χ2v) is 5.27. The van der Waals surface area contributed by atoms with Crippen LogP contribution in [0.25, 0.3) is 11.0 Å². The Hall–Kier alpha value is -2.08. The van der Waals surface area contributed by atoms with Crippen LogP contribution in [-0.2, 0) is 6.54 Å². The maximum absolute atomic E-state index is 14.1. The number of hydrogen-bond acceptors (Lipinski definition) is 3. The van der Waals surface area contributed by atoms with Gasteiger partial charge in [0.25, 0.3) is 0 Å². The summed E-state index contributed by atoms with van der Waals surface area (Å²) in [4.78, 5) is 4.29. The summed E-state index contributed by atoms with van der Waals surface area (Å²) in [7, 11) is 0. The molecule has 3 aromatic rings. The Morgan fingerprint density at radius 3 is 2.76 bits per heavy atom. The van der Waals surface area contributed by atoms with Crippen LogP contribution >= 0.6 is 11.6 Å². The number of aromatic nitrogens is 4. The predicted molar refractivity (Wildman–Crippen MR) is 75.1 cm³/mol. The van der Waals surface area contributed by atoms with Gasteiger partial charge < -0.3 is 4.57 Å². The van der Waals surface area contributed by atoms with E-state index in [9.17, 15) is 8.78 Å². The second kappa shape index (κ2) is 5.37. The largest absolute Gasteiger partial charge is 0.318 e. The zero-order chi connectivity index (χ0) is 15.0. The van der Waals surface area contributed by atoms with Crippen LogP contribution < -0.4 is 0 Å². The first-order chi connectivity index (χ1) is 10.1. The lowest BCUT2D eigenvalue weighted by molar-refractivity contribution is 0.511. The molecular weight excluding hydrogens is 298 g/mol. The molecule has 0 aliphatic rings. The van der Waals surface area contributed by atoms with Gasteiger partial charge in [-0.15, -0.1) is 11.6 Å². The fourth-order valence-corrected chi connectivity index (χ4v) is 2.39. The molecule has 2 heterocycles. The molecule has 0 amide bonds. The van der Waals surface area contributed by atoms with Gasteiger partial charge in [0.15, 0.2) is 11.6 Å². The van der Waals surface area contributed by atoms with Crippen LogP contribution in [0, 0.1) is 11.6 Å². The van der Waals surface area contributed by atoms with Gasteiger partial charge >= 0.3 is 0 Å². The Balaban J connectivity index is 2.22. The molecule has 2 aromatic heterocycles. The fraction of sp³-hybridized carbons (Fsp3) is 0.214. The van der Waals surface area contributed by atoms with Gasteiger partial charge in [-0.25, -0.2) is 13.8 Å². The first-order valence-electron chi connectivity index (χ1n) is 6.32. The number of hydrogen-bond donors (Lipinski definition) is 0. The van der Waals surface area contributed by atoms with Crippen LogP contribution in [-0.4, -0.2) is 19.7 Å². The highest BCUT2D eigenvalue weighted by molar-refractivity contribution is 6.20. The molecule has 21 heavy (non-hydrogen) atoms. The van der Waals surface area contributed by atoms with E-state index in [1.165, 1.54) is 10.6 Å². The number of benzene rings is 1. The first kappa shape index (κ1) is 13.9. The minimum absolute atomic E-state index is 0.0863. The van der Waals surface area contributed by atoms with Crippen molar-refractivity contribution < 1.29 is 8.78 Å². The Kier molecular flexibility index (Phi) is 3.55. The summed E-state index contributed by atoms with van der Waals surface area (Å²) >= 11 is 6.10. The number of fused-ring (bicyclic) bond motifs is 1. The average Bonchev–Trinajstić information content (AvgIpc) is 2.84. The minimum atomic E-state index is -0.938. The van der Waals surface area contributed by atoms with E-state index in [0.717, 1.165) is 6.07 Å². The van der Waals surface area contributed by atoms with Crippen molar-refractivity contribution in [2.24, 2.45) is 0 Å². The third-order valence-electron chi connectivity index (χ3n) is 3.13. The van der Waals surface area contributed by atoms with E-state index >= 15 is 0 Å². The van der Waals surface area contributed by atoms with Crippen molar-refractivity contribution in [3.05, 3.63) is 53.6 Å². The SMILES string of the molecule is CC(Cl)c1nc2ccc(F)c(F)c2n1Cc1cccnn1. The van der Waals surface area contributed by atoms with Gasteiger partial charge in [-0.1, -0.05) is 0 Å². The molecule has 7 heteroatoms. The molecule has 0 aliphatic carbocycles. The smallest absolute Gasteiger partial charge is 0.184 e. The molecule has 0 bridgehead atoms. The van der Waals surface area contributed by atoms with E-state index in [-0.39, 0.29) is 12.1 Å². The van der Waals surface area contributed by atoms with E-state index in [1.807, 2.05) is 0 Å². The quantitative estimate of drug-likeness (QED) is 0.696. The van der Waals surface area contributed by atoms with Crippen LogP contribution in [0.4, 0.5) is 8.78 Å². The van der Waals surface area contributed by atoms with Crippen LogP contribution in [0.3, 0.4) is 0 Å². The predicted octanol–water partition coefficient (Wildman–Crippen LogP) is 3.45. The van der Waals surface area contributed by atoms with Gasteiger partial charge in [-0.2, -0.15) is 10.2 Å². The van der Waals surface area contributed by atoms with Crippen LogP contribution in [0.1, 0.15) is 23.8 Å². The fourth-order valence-electron chi connectivity index (χ4n) is 2.22. The lowest BCUT2D eigenvalue weighted by atomic mass is 10.3. The summed E-state index contributed by atoms with van der Waals surface area (Å²) in [6.45, 7) is 1.95. The normalized spacial score (nSPS) is 12.8. The maximum Gasteiger partial charge on any atom is 0.184 e. The standard InChI is InChI=1S/C14H11ClF2N4/c1-8(15)14-19-11-5-4-10(16)12(17)13(11)21(14)7-9-3-2-6-18-20-9/h2-6,8H,7H2,1H3. The summed E-state index contributed by atoms with van der Waals surface area (Å²) in [5.74, 6) is -1.40. The summed E-state index contributed by atoms with van der Waals surface area (Å²) in [6, 6.07) is 5.96. The highest BCUT2D eigenvalue weighted by Crippen LogP contribution is 2.28. The zero-order valence-electron chi connectivity index (χ0n) is 11.1. The molecule has 0 saturated heterocycles. The van der Waals surface area contributed by atoms with Crippen molar-refractivity contribution in [3.63, 3.8) is 0 Å². The molecule has 0 spiro atoms. The first-order valence-corrected chi connectivity index (χ1v) is 6.76. The lowest BCUT2D eigenvalue weighted by Gasteiger charge is -2.10. The number of rotatable bonds is 3. The third-order valence-corrected chi connectivity index (χ3v) is 3.33. The van der Waals surface area contributed by atoms with Crippen molar-refractivity contribution in [3.8, 4) is 0 Å². The van der Waals surface area contributed by atoms with E-state index in [1.54, 1.807) is 25.3 Å². The number of nitrogens with zero attached hydrogens (tertiary/aromatic N) is 4. The molecule has 0 aliphatic heterocycles. The average molecular weight is 309 g/mol. The van der Waals surface area contributed by atoms with E-state index in [4.69, 9.17) is 11.6 Å². The molecule has 0 N–H and O–H groups in total. The molecule has 3 rings (SSSR count). The van der Waals surface area contributed by atoms with Crippen LogP contribution in [0.2, 0.25) is 0 Å². The Morgan fingerprint density at radius 2 is 2.10 bits per heavy atom. The summed E-state index contributed by atoms with van der Waals surface area (Å²) in [5, 5.41) is 7.28. The molecule has 108 valence electrons. The van der Waals surface area contributed by atoms with Crippen molar-refractivity contribution in [2.45, 2.75) is 18.8 Å². The summed E-state index contributed by atoms with van der Waals surface area (Å²) in [5.41, 5.74) is 1.06. The molecule has 1 aromatic carbocycles. The van der Waals surface area contributed by atoms with E-state index in [2.05, 4.69) is 15.2 Å². The number of imidazole rings is 1. The molecular formula is C14H11ClF2N4. The lowest BCUT2D eigenvalue weighted by Crippen LogP contribution is -2.08. The Morgan fingerprint density at radius 1 is 1.29 bits per heavy atom. The zero-order valence-corrected chi connectivity index (χ0v) is 11.8. The maximum atomic E-state index is 14.1. The van der Waals surface area contributed by atoms with Crippen molar-refractivity contribution in [1.29, 1.82) is 0 Å². The topological polar surface area (TPSA) is 43.6 Å². The van der Waals surface area contributed by atoms with Crippen molar-refractivity contribution in [1.82, 2.24) is 19.7 Å². The second-order valence-electron chi connectivity index (χ2n) is 4.62. The Bertz CT molecular complexity index is 787. The molecule has 0 saturated carbocycles. The number of halogens is 3. The van der Waals surface area contributed by atoms with Crippen molar-refractivity contribution >= 4 is 22.6 Å². The van der Waals surface area contributed by atoms with Gasteiger partial charge in [0, 0.05) is 6.20 Å². The minimum Gasteiger partial charge on any atom is -0.318 e. The molecule has 4 nitrogen and oxygen atoms in total. The monoisotopic (exact) mass is 308 g/mol. The van der Waals surface area contributed by atoms with Gasteiger partial charge in [-0.05, 0) is 31.2 Å². The van der Waals surface area contributed by atoms with Gasteiger partial charge in [0.1, 0.15) is 11.3 Å². The van der Waals surface area contributed by atoms with Gasteiger partial charge in [0.05, 0.1) is 23.1 Å². The molecule has 0 fully saturated rings. The molecule has 1 unspecified atom stereocenters. The number of alkyl halides is 1.